The van der Waals surface area contributed by atoms with E-state index in [1.54, 1.807) is 0 Å². The van der Waals surface area contributed by atoms with Crippen LogP contribution < -0.4 is 5.32 Å². The van der Waals surface area contributed by atoms with Gasteiger partial charge in [-0.25, -0.2) is 0 Å². The van der Waals surface area contributed by atoms with Crippen molar-refractivity contribution in [3.8, 4) is 0 Å². The normalized spacial score (nSPS) is 27.4. The molecule has 0 bridgehead atoms. The van der Waals surface area contributed by atoms with Gasteiger partial charge >= 0.3 is 0 Å². The minimum absolute atomic E-state index is 0.315. The first kappa shape index (κ1) is 14.4. The van der Waals surface area contributed by atoms with Crippen LogP contribution in [0.25, 0.3) is 0 Å². The number of nitrogens with zero attached hydrogens (tertiary/aromatic N) is 1. The fourth-order valence-corrected chi connectivity index (χ4v) is 2.50. The zero-order valence-corrected chi connectivity index (χ0v) is 11.8. The van der Waals surface area contributed by atoms with E-state index in [0.29, 0.717) is 18.3 Å². The molecule has 0 aromatic carbocycles. The van der Waals surface area contributed by atoms with Crippen LogP contribution in [0, 0.1) is 0 Å². The van der Waals surface area contributed by atoms with Crippen molar-refractivity contribution in [3.05, 3.63) is 30.1 Å². The first-order valence-corrected chi connectivity index (χ1v) is 7.11. The molecule has 0 radical (unpaired) electrons. The summed E-state index contributed by atoms with van der Waals surface area (Å²) in [7, 11) is 0. The average molecular weight is 264 g/mol. The lowest BCUT2D eigenvalue weighted by molar-refractivity contribution is -0.101. The molecule has 0 aliphatic carbocycles. The van der Waals surface area contributed by atoms with E-state index in [1.165, 1.54) is 0 Å². The molecule has 2 heterocycles. The third-order valence-corrected chi connectivity index (χ3v) is 3.32. The third kappa shape index (κ3) is 5.27. The second-order valence-corrected chi connectivity index (χ2v) is 5.22. The van der Waals surface area contributed by atoms with Gasteiger partial charge in [-0.2, -0.15) is 0 Å². The fourth-order valence-electron chi connectivity index (χ4n) is 2.50. The second kappa shape index (κ2) is 7.58. The summed E-state index contributed by atoms with van der Waals surface area (Å²) >= 11 is 0. The molecule has 1 aliphatic heterocycles. The molecule has 1 saturated heterocycles. The summed E-state index contributed by atoms with van der Waals surface area (Å²) < 4.78 is 11.6. The predicted octanol–water partition coefficient (Wildman–Crippen LogP) is 2.14. The van der Waals surface area contributed by atoms with Gasteiger partial charge < -0.3 is 14.8 Å². The van der Waals surface area contributed by atoms with Crippen LogP contribution in [0.1, 0.15) is 32.4 Å². The Hall–Kier alpha value is -0.970. The van der Waals surface area contributed by atoms with Crippen LogP contribution in [-0.4, -0.2) is 36.4 Å². The van der Waals surface area contributed by atoms with Crippen LogP contribution in [0.15, 0.2) is 24.4 Å². The highest BCUT2D eigenvalue weighted by Crippen LogP contribution is 2.21. The topological polar surface area (TPSA) is 43.4 Å². The van der Waals surface area contributed by atoms with E-state index in [-0.39, 0.29) is 0 Å². The zero-order chi connectivity index (χ0) is 13.5. The average Bonchev–Trinajstić information content (AvgIpc) is 2.38. The predicted molar refractivity (Wildman–Crippen MR) is 74.9 cm³/mol. The van der Waals surface area contributed by atoms with Crippen LogP contribution in [0.5, 0.6) is 0 Å². The molecular formula is C15H24N2O2. The second-order valence-electron chi connectivity index (χ2n) is 5.22. The van der Waals surface area contributed by atoms with E-state index in [2.05, 4.69) is 24.1 Å². The molecule has 2 unspecified atom stereocenters. The van der Waals surface area contributed by atoms with Gasteiger partial charge in [0, 0.05) is 19.3 Å². The number of nitrogens with one attached hydrogen (secondary N) is 1. The zero-order valence-electron chi connectivity index (χ0n) is 11.8. The van der Waals surface area contributed by atoms with E-state index < -0.39 is 0 Å². The molecule has 2 rings (SSSR count). The molecule has 1 fully saturated rings. The Bertz CT molecular complexity index is 348. The van der Waals surface area contributed by atoms with Crippen molar-refractivity contribution < 1.29 is 9.47 Å². The van der Waals surface area contributed by atoms with Crippen molar-refractivity contribution in [2.24, 2.45) is 0 Å². The van der Waals surface area contributed by atoms with E-state index in [4.69, 9.17) is 9.47 Å². The highest BCUT2D eigenvalue weighted by molar-refractivity contribution is 5.02. The van der Waals surface area contributed by atoms with Gasteiger partial charge in [-0.15, -0.1) is 0 Å². The lowest BCUT2D eigenvalue weighted by atomic mass is 10.0. The molecule has 1 aliphatic rings. The fraction of sp³-hybridized carbons (Fsp3) is 0.667. The molecule has 19 heavy (non-hydrogen) atoms. The van der Waals surface area contributed by atoms with Gasteiger partial charge in [0.25, 0.3) is 0 Å². The van der Waals surface area contributed by atoms with Gasteiger partial charge in [-0.1, -0.05) is 6.07 Å². The van der Waals surface area contributed by atoms with E-state index in [9.17, 15) is 0 Å². The van der Waals surface area contributed by atoms with Crippen LogP contribution >= 0.6 is 0 Å². The first-order chi connectivity index (χ1) is 9.24. The molecule has 1 aromatic rings. The van der Waals surface area contributed by atoms with Crippen LogP contribution in [0.3, 0.4) is 0 Å². The summed E-state index contributed by atoms with van der Waals surface area (Å²) in [4.78, 5) is 4.27. The number of pyridine rings is 1. The minimum atomic E-state index is 0.315. The van der Waals surface area contributed by atoms with Crippen molar-refractivity contribution in [2.45, 2.75) is 51.5 Å². The van der Waals surface area contributed by atoms with E-state index >= 15 is 0 Å². The highest BCUT2D eigenvalue weighted by Gasteiger charge is 2.24. The molecular weight excluding hydrogens is 240 g/mol. The molecule has 106 valence electrons. The van der Waals surface area contributed by atoms with Crippen LogP contribution in [0.4, 0.5) is 0 Å². The maximum absolute atomic E-state index is 5.90. The summed E-state index contributed by atoms with van der Waals surface area (Å²) in [5, 5.41) is 3.34. The molecule has 0 amide bonds. The Morgan fingerprint density at radius 2 is 2.11 bits per heavy atom. The van der Waals surface area contributed by atoms with E-state index in [1.807, 2.05) is 24.4 Å². The van der Waals surface area contributed by atoms with Crippen molar-refractivity contribution in [2.75, 3.05) is 13.2 Å². The van der Waals surface area contributed by atoms with Gasteiger partial charge in [0.1, 0.15) is 0 Å². The summed E-state index contributed by atoms with van der Waals surface area (Å²) in [5.74, 6) is 0. The molecule has 2 atom stereocenters. The number of hydrogen-bond donors (Lipinski definition) is 1. The smallest absolute Gasteiger partial charge is 0.0625 e. The SMILES string of the molecule is CC1CC(OCCNCc2ccccn2)CC(C)O1. The standard InChI is InChI=1S/C15H24N2O2/c1-12-9-15(10-13(2)19-12)18-8-7-16-11-14-5-3-4-6-17-14/h3-6,12-13,15-16H,7-11H2,1-2H3. The van der Waals surface area contributed by atoms with E-state index in [0.717, 1.165) is 38.2 Å². The maximum Gasteiger partial charge on any atom is 0.0625 e. The lowest BCUT2D eigenvalue weighted by Gasteiger charge is -2.32. The largest absolute Gasteiger partial charge is 0.377 e. The first-order valence-electron chi connectivity index (χ1n) is 7.11. The van der Waals surface area contributed by atoms with Gasteiger partial charge in [-0.05, 0) is 38.8 Å². The molecule has 4 heteroatoms. The highest BCUT2D eigenvalue weighted by atomic mass is 16.5. The van der Waals surface area contributed by atoms with Crippen LogP contribution in [0.2, 0.25) is 0 Å². The van der Waals surface area contributed by atoms with Gasteiger partial charge in [0.15, 0.2) is 0 Å². The maximum atomic E-state index is 5.90. The van der Waals surface area contributed by atoms with Gasteiger partial charge in [0.2, 0.25) is 0 Å². The Balaban J connectivity index is 1.57. The van der Waals surface area contributed by atoms with Crippen LogP contribution in [-0.2, 0) is 16.0 Å². The van der Waals surface area contributed by atoms with Gasteiger partial charge in [0.05, 0.1) is 30.6 Å². The Kier molecular flexibility index (Phi) is 5.76. The number of hydrogen-bond acceptors (Lipinski definition) is 4. The Morgan fingerprint density at radius 1 is 1.32 bits per heavy atom. The number of rotatable bonds is 6. The molecule has 0 saturated carbocycles. The van der Waals surface area contributed by atoms with Gasteiger partial charge in [-0.3, -0.25) is 4.98 Å². The summed E-state index contributed by atoms with van der Waals surface area (Å²) in [5.41, 5.74) is 1.07. The third-order valence-electron chi connectivity index (χ3n) is 3.32. The molecule has 1 aromatic heterocycles. The molecule has 0 spiro atoms. The lowest BCUT2D eigenvalue weighted by Crippen LogP contribution is -2.35. The van der Waals surface area contributed by atoms with Crippen molar-refractivity contribution in [3.63, 3.8) is 0 Å². The minimum Gasteiger partial charge on any atom is -0.377 e. The molecule has 4 nitrogen and oxygen atoms in total. The molecule has 1 N–H and O–H groups in total. The summed E-state index contributed by atoms with van der Waals surface area (Å²) in [6.45, 7) is 6.63. The van der Waals surface area contributed by atoms with Crippen molar-refractivity contribution in [1.82, 2.24) is 10.3 Å². The Morgan fingerprint density at radius 3 is 2.79 bits per heavy atom. The summed E-state index contributed by atoms with van der Waals surface area (Å²) in [6.07, 6.45) is 4.80. The number of aromatic nitrogens is 1. The number of ether oxygens (including phenoxy) is 2. The van der Waals surface area contributed by atoms with Crippen molar-refractivity contribution >= 4 is 0 Å². The Labute approximate surface area is 115 Å². The monoisotopic (exact) mass is 264 g/mol. The quantitative estimate of drug-likeness (QED) is 0.800. The summed E-state index contributed by atoms with van der Waals surface area (Å²) in [6, 6.07) is 5.96. The van der Waals surface area contributed by atoms with Crippen molar-refractivity contribution in [1.29, 1.82) is 0 Å².